The van der Waals surface area contributed by atoms with Gasteiger partial charge in [0.25, 0.3) is 15.9 Å². The van der Waals surface area contributed by atoms with E-state index in [-0.39, 0.29) is 16.8 Å². The number of aryl methyl sites for hydroxylation is 1. The van der Waals surface area contributed by atoms with Crippen LogP contribution in [0, 0.1) is 0 Å². The summed E-state index contributed by atoms with van der Waals surface area (Å²) in [5.74, 6) is -0.207. The normalized spacial score (nSPS) is 12.4. The van der Waals surface area contributed by atoms with E-state index in [0.717, 1.165) is 18.4 Å². The van der Waals surface area contributed by atoms with Crippen LogP contribution in [0.1, 0.15) is 43.1 Å². The number of amides is 1. The maximum absolute atomic E-state index is 12.4. The van der Waals surface area contributed by atoms with Gasteiger partial charge in [-0.05, 0) is 61.7 Å². The van der Waals surface area contributed by atoms with E-state index in [1.807, 2.05) is 32.9 Å². The third-order valence-electron chi connectivity index (χ3n) is 4.03. The van der Waals surface area contributed by atoms with Crippen molar-refractivity contribution in [3.8, 4) is 0 Å². The van der Waals surface area contributed by atoms with Gasteiger partial charge >= 0.3 is 0 Å². The Hall–Kier alpha value is -2.34. The molecule has 1 atom stereocenters. The fraction of sp³-hybridized carbons (Fsp3) is 0.316. The number of hydrogen-bond acceptors (Lipinski definition) is 3. The van der Waals surface area contributed by atoms with Gasteiger partial charge in [-0.3, -0.25) is 9.52 Å². The van der Waals surface area contributed by atoms with Gasteiger partial charge in [-0.1, -0.05) is 26.0 Å². The predicted molar refractivity (Wildman–Crippen MR) is 100 cm³/mol. The molecule has 2 N–H and O–H groups in total. The fourth-order valence-electron chi connectivity index (χ4n) is 2.22. The molecule has 25 heavy (non-hydrogen) atoms. The van der Waals surface area contributed by atoms with E-state index in [9.17, 15) is 13.2 Å². The number of anilines is 1. The molecule has 0 radical (unpaired) electrons. The molecule has 0 saturated heterocycles. The molecule has 0 aliphatic carbocycles. The molecule has 2 rings (SSSR count). The molecule has 0 spiro atoms. The minimum atomic E-state index is -3.68. The molecule has 0 aromatic heterocycles. The van der Waals surface area contributed by atoms with Gasteiger partial charge in [0.1, 0.15) is 0 Å². The summed E-state index contributed by atoms with van der Waals surface area (Å²) in [6.45, 7) is 5.95. The smallest absolute Gasteiger partial charge is 0.261 e. The largest absolute Gasteiger partial charge is 0.350 e. The Kier molecular flexibility index (Phi) is 6.20. The van der Waals surface area contributed by atoms with Crippen LogP contribution >= 0.6 is 0 Å². The van der Waals surface area contributed by atoms with Gasteiger partial charge in [0.05, 0.1) is 4.90 Å². The molecule has 1 unspecified atom stereocenters. The Morgan fingerprint density at radius 1 is 1.00 bits per heavy atom. The summed E-state index contributed by atoms with van der Waals surface area (Å²) in [6.07, 6.45) is 1.73. The zero-order chi connectivity index (χ0) is 18.4. The molecule has 0 aliphatic rings. The summed E-state index contributed by atoms with van der Waals surface area (Å²) < 4.78 is 27.4. The first-order valence-corrected chi connectivity index (χ1v) is 9.86. The van der Waals surface area contributed by atoms with Gasteiger partial charge in [0.15, 0.2) is 0 Å². The van der Waals surface area contributed by atoms with E-state index < -0.39 is 10.0 Å². The van der Waals surface area contributed by atoms with E-state index in [1.54, 1.807) is 12.1 Å². The summed E-state index contributed by atoms with van der Waals surface area (Å²) in [4.78, 5) is 12.2. The van der Waals surface area contributed by atoms with Crippen LogP contribution in [0.25, 0.3) is 0 Å². The van der Waals surface area contributed by atoms with Crippen molar-refractivity contribution < 1.29 is 13.2 Å². The van der Waals surface area contributed by atoms with Gasteiger partial charge in [-0.2, -0.15) is 0 Å². The van der Waals surface area contributed by atoms with Crippen LogP contribution in [0.2, 0.25) is 0 Å². The topological polar surface area (TPSA) is 75.3 Å². The number of carbonyl (C=O) groups excluding carboxylic acids is 1. The molecular weight excluding hydrogens is 336 g/mol. The third kappa shape index (κ3) is 5.06. The van der Waals surface area contributed by atoms with Crippen molar-refractivity contribution in [2.75, 3.05) is 4.72 Å². The lowest BCUT2D eigenvalue weighted by molar-refractivity contribution is 0.0939. The summed E-state index contributed by atoms with van der Waals surface area (Å²) >= 11 is 0. The number of carbonyl (C=O) groups is 1. The molecule has 0 aliphatic heterocycles. The highest BCUT2D eigenvalue weighted by molar-refractivity contribution is 7.92. The molecule has 5 nitrogen and oxygen atoms in total. The highest BCUT2D eigenvalue weighted by Crippen LogP contribution is 2.17. The zero-order valence-corrected chi connectivity index (χ0v) is 15.6. The lowest BCUT2D eigenvalue weighted by Crippen LogP contribution is -2.31. The summed E-state index contributed by atoms with van der Waals surface area (Å²) in [5.41, 5.74) is 2.09. The van der Waals surface area contributed by atoms with Crippen molar-refractivity contribution in [2.24, 2.45) is 0 Å². The second-order valence-corrected chi connectivity index (χ2v) is 7.65. The quantitative estimate of drug-likeness (QED) is 0.792. The SMILES string of the molecule is CCc1ccc(NS(=O)(=O)c2ccc(C(=O)NC(C)CC)cc2)cc1. The Bertz CT molecular complexity index is 813. The Morgan fingerprint density at radius 3 is 2.12 bits per heavy atom. The molecule has 134 valence electrons. The van der Waals surface area contributed by atoms with Crippen LogP contribution in [0.4, 0.5) is 5.69 Å². The molecule has 6 heteroatoms. The van der Waals surface area contributed by atoms with Crippen molar-refractivity contribution in [1.29, 1.82) is 0 Å². The first kappa shape index (κ1) is 19.0. The summed E-state index contributed by atoms with van der Waals surface area (Å²) in [5, 5.41) is 2.85. The molecule has 1 amide bonds. The van der Waals surface area contributed by atoms with Crippen LogP contribution in [-0.2, 0) is 16.4 Å². The van der Waals surface area contributed by atoms with Crippen LogP contribution in [0.15, 0.2) is 53.4 Å². The molecule has 2 aromatic carbocycles. The van der Waals surface area contributed by atoms with E-state index in [4.69, 9.17) is 0 Å². The number of rotatable bonds is 7. The molecule has 0 saturated carbocycles. The van der Waals surface area contributed by atoms with Crippen molar-refractivity contribution in [1.82, 2.24) is 5.32 Å². The maximum atomic E-state index is 12.4. The minimum Gasteiger partial charge on any atom is -0.350 e. The van der Waals surface area contributed by atoms with Crippen LogP contribution in [0.3, 0.4) is 0 Å². The van der Waals surface area contributed by atoms with E-state index in [0.29, 0.717) is 11.3 Å². The highest BCUT2D eigenvalue weighted by Gasteiger charge is 2.15. The van der Waals surface area contributed by atoms with E-state index >= 15 is 0 Å². The van der Waals surface area contributed by atoms with Crippen LogP contribution in [0.5, 0.6) is 0 Å². The maximum Gasteiger partial charge on any atom is 0.261 e. The molecule has 2 aromatic rings. The average molecular weight is 360 g/mol. The number of hydrogen-bond donors (Lipinski definition) is 2. The lowest BCUT2D eigenvalue weighted by Gasteiger charge is -2.12. The first-order chi connectivity index (χ1) is 11.9. The highest BCUT2D eigenvalue weighted by atomic mass is 32.2. The molecule has 0 bridgehead atoms. The molecule has 0 heterocycles. The van der Waals surface area contributed by atoms with E-state index in [1.165, 1.54) is 24.3 Å². The van der Waals surface area contributed by atoms with Gasteiger partial charge in [-0.25, -0.2) is 8.42 Å². The van der Waals surface area contributed by atoms with Gasteiger partial charge < -0.3 is 5.32 Å². The second kappa shape index (κ2) is 8.16. The number of benzene rings is 2. The van der Waals surface area contributed by atoms with Crippen molar-refractivity contribution in [3.05, 3.63) is 59.7 Å². The molecule has 0 fully saturated rings. The summed E-state index contributed by atoms with van der Waals surface area (Å²) in [6, 6.07) is 13.2. The lowest BCUT2D eigenvalue weighted by atomic mass is 10.2. The minimum absolute atomic E-state index is 0.0728. The third-order valence-corrected chi connectivity index (χ3v) is 5.43. The van der Waals surface area contributed by atoms with Gasteiger partial charge in [-0.15, -0.1) is 0 Å². The van der Waals surface area contributed by atoms with E-state index in [2.05, 4.69) is 10.0 Å². The standard InChI is InChI=1S/C19H24N2O3S/c1-4-14(3)20-19(22)16-8-12-18(13-9-16)25(23,24)21-17-10-6-15(5-2)7-11-17/h6-14,21H,4-5H2,1-3H3,(H,20,22). The Morgan fingerprint density at radius 2 is 1.60 bits per heavy atom. The monoisotopic (exact) mass is 360 g/mol. The fourth-order valence-corrected chi connectivity index (χ4v) is 3.28. The summed E-state index contributed by atoms with van der Waals surface area (Å²) in [7, 11) is -3.68. The van der Waals surface area contributed by atoms with Crippen molar-refractivity contribution >= 4 is 21.6 Å². The van der Waals surface area contributed by atoms with Crippen molar-refractivity contribution in [3.63, 3.8) is 0 Å². The molecular formula is C19H24N2O3S. The van der Waals surface area contributed by atoms with Crippen molar-refractivity contribution in [2.45, 2.75) is 44.6 Å². The number of nitrogens with one attached hydrogen (secondary N) is 2. The zero-order valence-electron chi connectivity index (χ0n) is 14.7. The van der Waals surface area contributed by atoms with Crippen LogP contribution in [-0.4, -0.2) is 20.4 Å². The number of sulfonamides is 1. The predicted octanol–water partition coefficient (Wildman–Crippen LogP) is 3.58. The van der Waals surface area contributed by atoms with Gasteiger partial charge in [0, 0.05) is 17.3 Å². The first-order valence-electron chi connectivity index (χ1n) is 8.38. The Balaban J connectivity index is 2.12. The van der Waals surface area contributed by atoms with Crippen LogP contribution < -0.4 is 10.0 Å². The van der Waals surface area contributed by atoms with Gasteiger partial charge in [0.2, 0.25) is 0 Å². The second-order valence-electron chi connectivity index (χ2n) is 5.96. The Labute approximate surface area is 149 Å². The average Bonchev–Trinajstić information content (AvgIpc) is 2.62.